The maximum Gasteiger partial charge on any atom is 0.404 e. The van der Waals surface area contributed by atoms with Gasteiger partial charge in [0.05, 0.1) is 12.1 Å². The number of carbonyl (C=O) groups excluding carboxylic acids is 1. The molecule has 0 unspecified atom stereocenters. The van der Waals surface area contributed by atoms with Gasteiger partial charge in [-0.05, 0) is 30.3 Å². The number of benzene rings is 2. The molecule has 0 fully saturated rings. The van der Waals surface area contributed by atoms with Crippen molar-refractivity contribution in [3.05, 3.63) is 87.5 Å². The molecule has 11 heteroatoms. The Kier molecular flexibility index (Phi) is 6.47. The Morgan fingerprint density at radius 2 is 1.66 bits per heavy atom. The molecule has 3 aromatic rings. The summed E-state index contributed by atoms with van der Waals surface area (Å²) >= 11 is 0. The van der Waals surface area contributed by atoms with Crippen molar-refractivity contribution < 1.29 is 32.6 Å². The minimum Gasteiger partial charge on any atom is -0.492 e. The van der Waals surface area contributed by atoms with Crippen LogP contribution in [0.25, 0.3) is 5.69 Å². The molecule has 166 valence electrons. The number of hydrogen-bond acceptors (Lipinski definition) is 5. The van der Waals surface area contributed by atoms with Crippen LogP contribution in [-0.2, 0) is 0 Å². The highest BCUT2D eigenvalue weighted by atomic mass is 19.1. The van der Waals surface area contributed by atoms with Crippen molar-refractivity contribution in [2.24, 2.45) is 0 Å². The monoisotopic (exact) mass is 447 g/mol. The first kappa shape index (κ1) is 22.4. The van der Waals surface area contributed by atoms with E-state index in [1.165, 1.54) is 12.1 Å². The molecule has 0 spiro atoms. The summed E-state index contributed by atoms with van der Waals surface area (Å²) in [5.74, 6) is -4.41. The first-order valence-corrected chi connectivity index (χ1v) is 9.10. The zero-order valence-corrected chi connectivity index (χ0v) is 16.3. The van der Waals surface area contributed by atoms with E-state index >= 15 is 0 Å². The first-order valence-electron chi connectivity index (χ1n) is 9.10. The summed E-state index contributed by atoms with van der Waals surface area (Å²) < 4.78 is 48.2. The summed E-state index contributed by atoms with van der Waals surface area (Å²) in [6.45, 7) is -0.325. The van der Waals surface area contributed by atoms with Crippen LogP contribution in [0.2, 0.25) is 0 Å². The third-order valence-corrected chi connectivity index (χ3v) is 4.34. The predicted molar refractivity (Wildman–Crippen MR) is 108 cm³/mol. The Morgan fingerprint density at radius 1 is 1.03 bits per heavy atom. The Hall–Kier alpha value is -4.28. The number of pyridine rings is 1. The molecule has 2 aromatic carbocycles. The van der Waals surface area contributed by atoms with Gasteiger partial charge in [-0.2, -0.15) is 0 Å². The number of aromatic nitrogens is 1. The second-order valence-corrected chi connectivity index (χ2v) is 6.46. The second kappa shape index (κ2) is 9.25. The fraction of sp³-hybridized carbons (Fsp3) is 0.0952. The molecule has 1 amide bonds. The van der Waals surface area contributed by atoms with Crippen molar-refractivity contribution >= 4 is 17.7 Å². The third-order valence-electron chi connectivity index (χ3n) is 4.34. The van der Waals surface area contributed by atoms with Gasteiger partial charge >= 0.3 is 6.09 Å². The predicted octanol–water partition coefficient (Wildman–Crippen LogP) is 2.71. The van der Waals surface area contributed by atoms with Crippen LogP contribution < -0.4 is 21.3 Å². The molecule has 0 bridgehead atoms. The smallest absolute Gasteiger partial charge is 0.404 e. The van der Waals surface area contributed by atoms with Gasteiger partial charge in [-0.3, -0.25) is 14.2 Å². The highest BCUT2D eigenvalue weighted by Crippen LogP contribution is 2.26. The number of nitrogens with two attached hydrogens (primary N) is 1. The van der Waals surface area contributed by atoms with Crippen molar-refractivity contribution in [1.82, 2.24) is 9.88 Å². The molecule has 0 saturated carbocycles. The number of carboxylic acid groups (broad SMARTS) is 1. The highest BCUT2D eigenvalue weighted by Gasteiger charge is 2.22. The Labute approximate surface area is 178 Å². The third kappa shape index (κ3) is 4.72. The van der Waals surface area contributed by atoms with Gasteiger partial charge in [0.1, 0.15) is 29.7 Å². The van der Waals surface area contributed by atoms with E-state index in [1.807, 2.05) is 5.32 Å². The number of amides is 1. The standard InChI is InChI=1S/C21H16F3N3O5/c22-12-3-1-11(2-4-12)19(29)14-5-6-17(28)27(20(14)25)18-15(23)9-13(10-16(18)24)32-8-7-26-21(30)31/h1-6,9-10,26H,7-8,25H2,(H,30,31). The number of carbonyl (C=O) groups is 2. The SMILES string of the molecule is Nc1c(C(=O)c2ccc(F)cc2)ccc(=O)n1-c1c(F)cc(OCCNC(=O)O)cc1F. The van der Waals surface area contributed by atoms with E-state index in [0.29, 0.717) is 4.57 Å². The first-order chi connectivity index (χ1) is 15.2. The molecule has 8 nitrogen and oxygen atoms in total. The van der Waals surface area contributed by atoms with Crippen LogP contribution in [0.3, 0.4) is 0 Å². The number of nitrogens with zero attached hydrogens (tertiary/aromatic N) is 1. The average Bonchev–Trinajstić information content (AvgIpc) is 2.73. The van der Waals surface area contributed by atoms with Gasteiger partial charge in [-0.25, -0.2) is 18.0 Å². The lowest BCUT2D eigenvalue weighted by atomic mass is 10.0. The number of ketones is 1. The minimum atomic E-state index is -1.29. The maximum atomic E-state index is 14.7. The number of rotatable bonds is 7. The van der Waals surface area contributed by atoms with Crippen LogP contribution in [0.1, 0.15) is 15.9 Å². The molecular weight excluding hydrogens is 431 g/mol. The lowest BCUT2D eigenvalue weighted by Crippen LogP contribution is -2.26. The van der Waals surface area contributed by atoms with Gasteiger partial charge < -0.3 is 20.9 Å². The van der Waals surface area contributed by atoms with E-state index in [0.717, 1.165) is 36.4 Å². The second-order valence-electron chi connectivity index (χ2n) is 6.46. The Bertz CT molecular complexity index is 1220. The van der Waals surface area contributed by atoms with Gasteiger partial charge in [0.25, 0.3) is 5.56 Å². The van der Waals surface area contributed by atoms with Gasteiger partial charge in [-0.1, -0.05) is 0 Å². The average molecular weight is 447 g/mol. The van der Waals surface area contributed by atoms with Crippen molar-refractivity contribution in [2.75, 3.05) is 18.9 Å². The molecule has 0 aliphatic heterocycles. The van der Waals surface area contributed by atoms with Gasteiger partial charge in [-0.15, -0.1) is 0 Å². The van der Waals surface area contributed by atoms with Crippen molar-refractivity contribution in [3.8, 4) is 11.4 Å². The van der Waals surface area contributed by atoms with E-state index in [1.54, 1.807) is 0 Å². The molecule has 0 aliphatic rings. The van der Waals surface area contributed by atoms with Gasteiger partial charge in [0.2, 0.25) is 0 Å². The molecule has 0 aliphatic carbocycles. The maximum absolute atomic E-state index is 14.7. The van der Waals surface area contributed by atoms with E-state index in [9.17, 15) is 27.6 Å². The van der Waals surface area contributed by atoms with E-state index in [2.05, 4.69) is 0 Å². The molecule has 0 atom stereocenters. The van der Waals surface area contributed by atoms with E-state index < -0.39 is 46.4 Å². The molecule has 1 heterocycles. The van der Waals surface area contributed by atoms with Crippen molar-refractivity contribution in [1.29, 1.82) is 0 Å². The summed E-state index contributed by atoms with van der Waals surface area (Å²) in [5.41, 5.74) is 4.06. The number of nitrogen functional groups attached to an aromatic ring is 1. The number of hydrogen-bond donors (Lipinski definition) is 3. The number of halogens is 3. The molecular formula is C21H16F3N3O5. The van der Waals surface area contributed by atoms with Crippen molar-refractivity contribution in [3.63, 3.8) is 0 Å². The Balaban J connectivity index is 1.98. The summed E-state index contributed by atoms with van der Waals surface area (Å²) in [6, 6.07) is 8.15. The zero-order chi connectivity index (χ0) is 23.4. The minimum absolute atomic E-state index is 0.0583. The molecule has 0 saturated heterocycles. The zero-order valence-electron chi connectivity index (χ0n) is 16.3. The molecule has 32 heavy (non-hydrogen) atoms. The summed E-state index contributed by atoms with van der Waals surface area (Å²) in [6.07, 6.45) is -1.29. The number of anilines is 1. The largest absolute Gasteiger partial charge is 0.492 e. The Morgan fingerprint density at radius 3 is 2.25 bits per heavy atom. The quantitative estimate of drug-likeness (QED) is 0.378. The van der Waals surface area contributed by atoms with Crippen LogP contribution in [0.5, 0.6) is 5.75 Å². The van der Waals surface area contributed by atoms with Crippen molar-refractivity contribution in [2.45, 2.75) is 0 Å². The summed E-state index contributed by atoms with van der Waals surface area (Å²) in [7, 11) is 0. The van der Waals surface area contributed by atoms with Crippen LogP contribution in [0.15, 0.2) is 53.3 Å². The normalized spacial score (nSPS) is 10.6. The summed E-state index contributed by atoms with van der Waals surface area (Å²) in [4.78, 5) is 35.5. The van der Waals surface area contributed by atoms with E-state index in [-0.39, 0.29) is 30.0 Å². The number of ether oxygens (including phenoxy) is 1. The highest BCUT2D eigenvalue weighted by molar-refractivity contribution is 6.11. The van der Waals surface area contributed by atoms with Crippen LogP contribution >= 0.6 is 0 Å². The fourth-order valence-electron chi connectivity index (χ4n) is 2.90. The lowest BCUT2D eigenvalue weighted by Gasteiger charge is -2.15. The number of nitrogens with one attached hydrogen (secondary N) is 1. The van der Waals surface area contributed by atoms with Gasteiger partial charge in [0.15, 0.2) is 17.4 Å². The molecule has 0 radical (unpaired) electrons. The van der Waals surface area contributed by atoms with Crippen LogP contribution in [0.4, 0.5) is 23.8 Å². The lowest BCUT2D eigenvalue weighted by molar-refractivity contribution is 0.103. The summed E-state index contributed by atoms with van der Waals surface area (Å²) in [5, 5.41) is 10.5. The molecule has 4 N–H and O–H groups in total. The topological polar surface area (TPSA) is 124 Å². The molecule has 1 aromatic heterocycles. The van der Waals surface area contributed by atoms with Crippen LogP contribution in [-0.4, -0.2) is 34.7 Å². The molecule has 3 rings (SSSR count). The fourth-order valence-corrected chi connectivity index (χ4v) is 2.90. The van der Waals surface area contributed by atoms with Crippen LogP contribution in [0, 0.1) is 17.5 Å². The van der Waals surface area contributed by atoms with Gasteiger partial charge in [0, 0.05) is 23.8 Å². The van der Waals surface area contributed by atoms with E-state index in [4.69, 9.17) is 15.6 Å².